The molecule has 0 spiro atoms. The van der Waals surface area contributed by atoms with E-state index >= 15 is 0 Å². The van der Waals surface area contributed by atoms with Gasteiger partial charge in [0.15, 0.2) is 15.7 Å². The van der Waals surface area contributed by atoms with Crippen molar-refractivity contribution in [2.75, 3.05) is 18.1 Å². The van der Waals surface area contributed by atoms with Crippen molar-refractivity contribution in [2.24, 2.45) is 0 Å². The van der Waals surface area contributed by atoms with E-state index in [4.69, 9.17) is 4.52 Å². The summed E-state index contributed by atoms with van der Waals surface area (Å²) in [7, 11) is -3.06. The molecule has 1 fully saturated rings. The second-order valence-electron chi connectivity index (χ2n) is 4.37. The summed E-state index contributed by atoms with van der Waals surface area (Å²) >= 11 is 0. The fourth-order valence-electron chi connectivity index (χ4n) is 1.82. The molecule has 1 aromatic heterocycles. The zero-order valence-electron chi connectivity index (χ0n) is 9.77. The summed E-state index contributed by atoms with van der Waals surface area (Å²) in [5.74, 6) is -0.0333. The van der Waals surface area contributed by atoms with Gasteiger partial charge in [-0.25, -0.2) is 8.42 Å². The zero-order valence-corrected chi connectivity index (χ0v) is 10.6. The molecule has 0 bridgehead atoms. The molecule has 108 valence electrons. The Kier molecular flexibility index (Phi) is 3.81. The maximum atomic E-state index is 11.9. The molecular weight excluding hydrogens is 287 g/mol. The fraction of sp³-hybridized carbons (Fsp3) is 0.778. The molecule has 6 nitrogen and oxygen atoms in total. The molecule has 1 atom stereocenters. The topological polar surface area (TPSA) is 85.1 Å². The average Bonchev–Trinajstić information content (AvgIpc) is 2.83. The molecule has 2 heterocycles. The summed E-state index contributed by atoms with van der Waals surface area (Å²) in [6, 6.07) is 0. The van der Waals surface area contributed by atoms with Gasteiger partial charge in [-0.1, -0.05) is 5.16 Å². The fourth-order valence-corrected chi connectivity index (χ4v) is 3.55. The van der Waals surface area contributed by atoms with Crippen LogP contribution in [-0.2, 0) is 16.4 Å². The standard InChI is InChI=1S/C9H12F3N3O3S/c10-9(11,12)5-13-3-7-14-8(15-18-7)6-1-2-19(16,17)4-6/h6,13H,1-5H2. The molecule has 1 aromatic rings. The Hall–Kier alpha value is -1.16. The van der Waals surface area contributed by atoms with Gasteiger partial charge < -0.3 is 9.84 Å². The third-order valence-electron chi connectivity index (χ3n) is 2.68. The van der Waals surface area contributed by atoms with Crippen LogP contribution in [0, 0.1) is 0 Å². The summed E-state index contributed by atoms with van der Waals surface area (Å²) < 4.78 is 63.0. The highest BCUT2D eigenvalue weighted by Crippen LogP contribution is 2.26. The van der Waals surface area contributed by atoms with Gasteiger partial charge in [0.1, 0.15) is 0 Å². The number of halogens is 3. The van der Waals surface area contributed by atoms with E-state index in [0.29, 0.717) is 6.42 Å². The van der Waals surface area contributed by atoms with Crippen LogP contribution in [0.25, 0.3) is 0 Å². The Morgan fingerprint density at radius 2 is 2.16 bits per heavy atom. The van der Waals surface area contributed by atoms with Gasteiger partial charge in [-0.2, -0.15) is 18.2 Å². The Morgan fingerprint density at radius 1 is 1.42 bits per heavy atom. The Morgan fingerprint density at radius 3 is 2.74 bits per heavy atom. The lowest BCUT2D eigenvalue weighted by molar-refractivity contribution is -0.125. The van der Waals surface area contributed by atoms with Crippen molar-refractivity contribution >= 4 is 9.84 Å². The van der Waals surface area contributed by atoms with Crippen molar-refractivity contribution in [3.8, 4) is 0 Å². The van der Waals surface area contributed by atoms with Crippen molar-refractivity contribution in [1.29, 1.82) is 0 Å². The van der Waals surface area contributed by atoms with Crippen LogP contribution in [0.15, 0.2) is 4.52 Å². The van der Waals surface area contributed by atoms with Crippen LogP contribution in [0.1, 0.15) is 24.1 Å². The smallest absolute Gasteiger partial charge is 0.338 e. The molecule has 0 radical (unpaired) electrons. The number of hydrogen-bond acceptors (Lipinski definition) is 6. The van der Waals surface area contributed by atoms with Crippen LogP contribution in [0.2, 0.25) is 0 Å². The van der Waals surface area contributed by atoms with Crippen molar-refractivity contribution < 1.29 is 26.1 Å². The molecule has 0 aromatic carbocycles. The molecule has 19 heavy (non-hydrogen) atoms. The van der Waals surface area contributed by atoms with Gasteiger partial charge in [0.25, 0.3) is 0 Å². The molecule has 1 aliphatic rings. The first-order valence-corrected chi connectivity index (χ1v) is 7.38. The predicted molar refractivity (Wildman–Crippen MR) is 58.1 cm³/mol. The highest BCUT2D eigenvalue weighted by Gasteiger charge is 2.32. The van der Waals surface area contributed by atoms with Crippen LogP contribution in [0.3, 0.4) is 0 Å². The summed E-state index contributed by atoms with van der Waals surface area (Å²) in [6.07, 6.45) is -3.89. The van der Waals surface area contributed by atoms with Gasteiger partial charge in [0.2, 0.25) is 5.89 Å². The first-order chi connectivity index (χ1) is 8.75. The molecule has 1 aliphatic heterocycles. The maximum Gasteiger partial charge on any atom is 0.401 e. The van der Waals surface area contributed by atoms with E-state index in [1.807, 2.05) is 0 Å². The quantitative estimate of drug-likeness (QED) is 0.877. The number of hydrogen-bond donors (Lipinski definition) is 1. The lowest BCUT2D eigenvalue weighted by Gasteiger charge is -2.05. The molecule has 10 heteroatoms. The first kappa shape index (κ1) is 14.3. The van der Waals surface area contributed by atoms with Gasteiger partial charge in [0.05, 0.1) is 24.6 Å². The van der Waals surface area contributed by atoms with E-state index in [1.54, 1.807) is 0 Å². The minimum Gasteiger partial charge on any atom is -0.338 e. The maximum absolute atomic E-state index is 11.9. The summed E-state index contributed by atoms with van der Waals surface area (Å²) in [5, 5.41) is 5.73. The number of rotatable bonds is 4. The molecule has 0 saturated carbocycles. The van der Waals surface area contributed by atoms with Crippen molar-refractivity contribution in [3.63, 3.8) is 0 Å². The highest BCUT2D eigenvalue weighted by molar-refractivity contribution is 7.91. The highest BCUT2D eigenvalue weighted by atomic mass is 32.2. The van der Waals surface area contributed by atoms with Crippen molar-refractivity contribution in [2.45, 2.75) is 25.1 Å². The molecule has 1 N–H and O–H groups in total. The second-order valence-corrected chi connectivity index (χ2v) is 6.59. The third kappa shape index (κ3) is 4.16. The van der Waals surface area contributed by atoms with Gasteiger partial charge in [-0.3, -0.25) is 0 Å². The minimum atomic E-state index is -4.30. The second kappa shape index (κ2) is 5.08. The lowest BCUT2D eigenvalue weighted by Crippen LogP contribution is -2.28. The van der Waals surface area contributed by atoms with Crippen molar-refractivity contribution in [1.82, 2.24) is 15.5 Å². The van der Waals surface area contributed by atoms with E-state index in [1.165, 1.54) is 0 Å². The first-order valence-electron chi connectivity index (χ1n) is 5.55. The van der Waals surface area contributed by atoms with E-state index in [9.17, 15) is 21.6 Å². The van der Waals surface area contributed by atoms with Crippen LogP contribution in [0.4, 0.5) is 13.2 Å². The predicted octanol–water partition coefficient (Wildman–Crippen LogP) is 0.624. The lowest BCUT2D eigenvalue weighted by atomic mass is 10.1. The Labute approximate surface area is 107 Å². The SMILES string of the molecule is O=S1(=O)CCC(c2noc(CNCC(F)(F)F)n2)C1. The van der Waals surface area contributed by atoms with Crippen LogP contribution in [-0.4, -0.2) is 42.8 Å². The van der Waals surface area contributed by atoms with Gasteiger partial charge in [-0.15, -0.1) is 0 Å². The Balaban J connectivity index is 1.89. The molecular formula is C9H12F3N3O3S. The number of sulfone groups is 1. The van der Waals surface area contributed by atoms with Crippen LogP contribution < -0.4 is 5.32 Å². The summed E-state index contributed by atoms with van der Waals surface area (Å²) in [5.41, 5.74) is 0. The Bertz CT molecular complexity index is 540. The number of aromatic nitrogens is 2. The van der Waals surface area contributed by atoms with Crippen molar-refractivity contribution in [3.05, 3.63) is 11.7 Å². The normalized spacial score (nSPS) is 22.8. The van der Waals surface area contributed by atoms with E-state index < -0.39 is 22.6 Å². The largest absolute Gasteiger partial charge is 0.401 e. The monoisotopic (exact) mass is 299 g/mol. The van der Waals surface area contributed by atoms with Crippen LogP contribution in [0.5, 0.6) is 0 Å². The number of nitrogens with zero attached hydrogens (tertiary/aromatic N) is 2. The van der Waals surface area contributed by atoms with E-state index in [0.717, 1.165) is 0 Å². The van der Waals surface area contributed by atoms with Gasteiger partial charge >= 0.3 is 6.18 Å². The average molecular weight is 299 g/mol. The van der Waals surface area contributed by atoms with E-state index in [-0.39, 0.29) is 35.7 Å². The molecule has 2 rings (SSSR count). The van der Waals surface area contributed by atoms with Gasteiger partial charge in [0, 0.05) is 5.92 Å². The van der Waals surface area contributed by atoms with E-state index in [2.05, 4.69) is 15.5 Å². The molecule has 0 aliphatic carbocycles. The zero-order chi connectivity index (χ0) is 14.1. The minimum absolute atomic E-state index is 0.0172. The molecule has 1 saturated heterocycles. The molecule has 1 unspecified atom stereocenters. The van der Waals surface area contributed by atoms with Gasteiger partial charge in [-0.05, 0) is 6.42 Å². The number of alkyl halides is 3. The molecule has 0 amide bonds. The number of nitrogens with one attached hydrogen (secondary N) is 1. The summed E-state index contributed by atoms with van der Waals surface area (Å²) in [4.78, 5) is 3.91. The van der Waals surface area contributed by atoms with Crippen LogP contribution >= 0.6 is 0 Å². The summed E-state index contributed by atoms with van der Waals surface area (Å²) in [6.45, 7) is -1.35. The third-order valence-corrected chi connectivity index (χ3v) is 4.45.